The number of hydrogen-bond donors (Lipinski definition) is 1. The maximum atomic E-state index is 13.2. The van der Waals surface area contributed by atoms with Gasteiger partial charge in [-0.15, -0.1) is 0 Å². The van der Waals surface area contributed by atoms with Crippen molar-refractivity contribution in [1.29, 1.82) is 0 Å². The summed E-state index contributed by atoms with van der Waals surface area (Å²) in [5.74, 6) is -0.473. The van der Waals surface area contributed by atoms with Crippen LogP contribution in [0.25, 0.3) is 11.0 Å². The molecule has 1 aromatic heterocycles. The Labute approximate surface area is 142 Å². The van der Waals surface area contributed by atoms with Gasteiger partial charge in [0, 0.05) is 0 Å². The van der Waals surface area contributed by atoms with E-state index in [1.165, 1.54) is 6.07 Å². The summed E-state index contributed by atoms with van der Waals surface area (Å²) in [6.07, 6.45) is -5.71. The molecule has 1 atom stereocenters. The number of alkyl halides is 3. The van der Waals surface area contributed by atoms with Gasteiger partial charge >= 0.3 is 6.18 Å². The molecule has 0 saturated carbocycles. The Morgan fingerprint density at radius 3 is 2.48 bits per heavy atom. The van der Waals surface area contributed by atoms with Gasteiger partial charge < -0.3 is 14.4 Å². The number of halogens is 3. The largest absolute Gasteiger partial charge is 0.491 e. The van der Waals surface area contributed by atoms with Crippen LogP contribution in [0.3, 0.4) is 0 Å². The third-order valence-electron chi connectivity index (χ3n) is 3.76. The average Bonchev–Trinajstić information content (AvgIpc) is 2.93. The first-order chi connectivity index (χ1) is 11.8. The summed E-state index contributed by atoms with van der Waals surface area (Å²) >= 11 is 0. The molecular weight excluding hydrogens is 333 g/mol. The Kier molecular flexibility index (Phi) is 4.67. The van der Waals surface area contributed by atoms with Gasteiger partial charge in [-0.1, -0.05) is 29.8 Å². The number of ether oxygens (including phenoxy) is 1. The van der Waals surface area contributed by atoms with Crippen LogP contribution in [-0.4, -0.2) is 27.4 Å². The van der Waals surface area contributed by atoms with Gasteiger partial charge in [-0.2, -0.15) is 13.2 Å². The molecule has 1 heterocycles. The molecule has 0 fully saturated rings. The molecule has 3 rings (SSSR count). The van der Waals surface area contributed by atoms with Crippen molar-refractivity contribution in [2.45, 2.75) is 25.7 Å². The van der Waals surface area contributed by atoms with E-state index in [1.807, 2.05) is 19.1 Å². The molecule has 0 aliphatic rings. The first-order valence-electron chi connectivity index (χ1n) is 7.74. The second kappa shape index (κ2) is 6.76. The zero-order chi connectivity index (χ0) is 18.0. The predicted octanol–water partition coefficient (Wildman–Crippen LogP) is 3.80. The van der Waals surface area contributed by atoms with Crippen molar-refractivity contribution >= 4 is 11.0 Å². The molecule has 0 radical (unpaired) electrons. The van der Waals surface area contributed by atoms with Crippen LogP contribution in [0.15, 0.2) is 48.5 Å². The molecule has 0 bridgehead atoms. The van der Waals surface area contributed by atoms with E-state index in [2.05, 4.69) is 4.98 Å². The number of para-hydroxylation sites is 2. The van der Waals surface area contributed by atoms with Crippen molar-refractivity contribution in [2.24, 2.45) is 0 Å². The first kappa shape index (κ1) is 17.3. The van der Waals surface area contributed by atoms with Crippen molar-refractivity contribution in [1.82, 2.24) is 9.55 Å². The third kappa shape index (κ3) is 3.93. The minimum atomic E-state index is -4.60. The number of imidazole rings is 1. The zero-order valence-electron chi connectivity index (χ0n) is 13.5. The summed E-state index contributed by atoms with van der Waals surface area (Å²) in [5.41, 5.74) is 1.62. The highest BCUT2D eigenvalue weighted by atomic mass is 19.4. The standard InChI is InChI=1S/C18H17F3N2O2/c1-12-6-8-14(9-7-12)25-11-13(24)10-23-16-5-3-2-4-15(16)22-17(23)18(19,20)21/h2-9,13,24H,10-11H2,1H3/t13-/m1/s1. The average molecular weight is 350 g/mol. The number of aliphatic hydroxyl groups is 1. The van der Waals surface area contributed by atoms with Crippen LogP contribution in [0.2, 0.25) is 0 Å². The number of aryl methyl sites for hydroxylation is 1. The zero-order valence-corrected chi connectivity index (χ0v) is 13.5. The van der Waals surface area contributed by atoms with Crippen molar-refractivity contribution in [3.63, 3.8) is 0 Å². The van der Waals surface area contributed by atoms with Gasteiger partial charge in [0.05, 0.1) is 17.6 Å². The van der Waals surface area contributed by atoms with Gasteiger partial charge in [-0.25, -0.2) is 4.98 Å². The van der Waals surface area contributed by atoms with Gasteiger partial charge in [-0.05, 0) is 31.2 Å². The summed E-state index contributed by atoms with van der Waals surface area (Å²) in [7, 11) is 0. The van der Waals surface area contributed by atoms with Gasteiger partial charge in [0.2, 0.25) is 5.82 Å². The molecular formula is C18H17F3N2O2. The normalized spacial score (nSPS) is 13.2. The van der Waals surface area contributed by atoms with Crippen LogP contribution < -0.4 is 4.74 Å². The van der Waals surface area contributed by atoms with Crippen LogP contribution in [0.4, 0.5) is 13.2 Å². The highest BCUT2D eigenvalue weighted by molar-refractivity contribution is 5.76. The molecule has 0 saturated heterocycles. The molecule has 2 aromatic carbocycles. The van der Waals surface area contributed by atoms with Crippen molar-refractivity contribution in [3.8, 4) is 5.75 Å². The van der Waals surface area contributed by atoms with Crippen LogP contribution in [0.1, 0.15) is 11.4 Å². The van der Waals surface area contributed by atoms with Crippen LogP contribution in [0.5, 0.6) is 5.75 Å². The number of benzene rings is 2. The van der Waals surface area contributed by atoms with E-state index < -0.39 is 18.1 Å². The van der Waals surface area contributed by atoms with Crippen LogP contribution in [0, 0.1) is 6.92 Å². The summed E-state index contributed by atoms with van der Waals surface area (Å²) in [6.45, 7) is 1.55. The Hall–Kier alpha value is -2.54. The molecule has 4 nitrogen and oxygen atoms in total. The topological polar surface area (TPSA) is 47.3 Å². The smallest absolute Gasteiger partial charge is 0.449 e. The maximum absolute atomic E-state index is 13.2. The van der Waals surface area contributed by atoms with E-state index in [9.17, 15) is 18.3 Å². The third-order valence-corrected chi connectivity index (χ3v) is 3.76. The minimum absolute atomic E-state index is 0.118. The lowest BCUT2D eigenvalue weighted by molar-refractivity contribution is -0.147. The highest BCUT2D eigenvalue weighted by Gasteiger charge is 2.37. The molecule has 0 spiro atoms. The fourth-order valence-corrected chi connectivity index (χ4v) is 2.57. The molecule has 0 unspecified atom stereocenters. The molecule has 25 heavy (non-hydrogen) atoms. The van der Waals surface area contributed by atoms with Gasteiger partial charge in [0.15, 0.2) is 0 Å². The van der Waals surface area contributed by atoms with E-state index >= 15 is 0 Å². The lowest BCUT2D eigenvalue weighted by Crippen LogP contribution is -2.26. The van der Waals surface area contributed by atoms with E-state index in [0.717, 1.165) is 10.1 Å². The first-order valence-corrected chi connectivity index (χ1v) is 7.74. The van der Waals surface area contributed by atoms with Crippen molar-refractivity contribution in [3.05, 3.63) is 59.9 Å². The minimum Gasteiger partial charge on any atom is -0.491 e. The van der Waals surface area contributed by atoms with E-state index in [0.29, 0.717) is 11.3 Å². The van der Waals surface area contributed by atoms with E-state index in [1.54, 1.807) is 30.3 Å². The Balaban J connectivity index is 1.78. The van der Waals surface area contributed by atoms with Crippen LogP contribution in [-0.2, 0) is 12.7 Å². The fourth-order valence-electron chi connectivity index (χ4n) is 2.57. The second-order valence-corrected chi connectivity index (χ2v) is 5.81. The fraction of sp³-hybridized carbons (Fsp3) is 0.278. The number of aliphatic hydroxyl groups excluding tert-OH is 1. The van der Waals surface area contributed by atoms with Gasteiger partial charge in [-0.3, -0.25) is 0 Å². The number of rotatable bonds is 5. The number of hydrogen-bond acceptors (Lipinski definition) is 3. The molecule has 7 heteroatoms. The Morgan fingerprint density at radius 2 is 1.80 bits per heavy atom. The lowest BCUT2D eigenvalue weighted by atomic mass is 10.2. The van der Waals surface area contributed by atoms with E-state index in [4.69, 9.17) is 4.74 Å². The van der Waals surface area contributed by atoms with Crippen LogP contribution >= 0.6 is 0 Å². The number of aromatic nitrogens is 2. The molecule has 0 aliphatic carbocycles. The van der Waals surface area contributed by atoms with Crippen molar-refractivity contribution < 1.29 is 23.0 Å². The maximum Gasteiger partial charge on any atom is 0.449 e. The molecule has 132 valence electrons. The molecule has 0 aliphatic heterocycles. The molecule has 0 amide bonds. The molecule has 3 aromatic rings. The monoisotopic (exact) mass is 350 g/mol. The second-order valence-electron chi connectivity index (χ2n) is 5.81. The summed E-state index contributed by atoms with van der Waals surface area (Å²) < 4.78 is 46.1. The van der Waals surface area contributed by atoms with Gasteiger partial charge in [0.1, 0.15) is 18.5 Å². The highest BCUT2D eigenvalue weighted by Crippen LogP contribution is 2.31. The molecule has 1 N–H and O–H groups in total. The Morgan fingerprint density at radius 1 is 1.12 bits per heavy atom. The SMILES string of the molecule is Cc1ccc(OC[C@H](O)Cn2c(C(F)(F)F)nc3ccccc32)cc1. The Bertz CT molecular complexity index is 857. The van der Waals surface area contributed by atoms with Crippen molar-refractivity contribution in [2.75, 3.05) is 6.61 Å². The predicted molar refractivity (Wildman–Crippen MR) is 87.4 cm³/mol. The number of nitrogens with zero attached hydrogens (tertiary/aromatic N) is 2. The van der Waals surface area contributed by atoms with Gasteiger partial charge in [0.25, 0.3) is 0 Å². The lowest BCUT2D eigenvalue weighted by Gasteiger charge is -2.16. The summed E-state index contributed by atoms with van der Waals surface area (Å²) in [6, 6.07) is 13.5. The number of fused-ring (bicyclic) bond motifs is 1. The summed E-state index contributed by atoms with van der Waals surface area (Å²) in [5, 5.41) is 10.1. The summed E-state index contributed by atoms with van der Waals surface area (Å²) in [4.78, 5) is 3.65. The van der Waals surface area contributed by atoms with E-state index in [-0.39, 0.29) is 18.7 Å². The quantitative estimate of drug-likeness (QED) is 0.761.